The normalized spacial score (nSPS) is 21.9. The molecule has 0 aromatic heterocycles. The summed E-state index contributed by atoms with van der Waals surface area (Å²) in [5.41, 5.74) is 6.34. The van der Waals surface area contributed by atoms with Gasteiger partial charge in [0.2, 0.25) is 5.91 Å². The van der Waals surface area contributed by atoms with E-state index in [2.05, 4.69) is 19.2 Å². The number of para-hydroxylation sites is 1. The van der Waals surface area contributed by atoms with Gasteiger partial charge < -0.3 is 16.0 Å². The van der Waals surface area contributed by atoms with Gasteiger partial charge in [0.15, 0.2) is 0 Å². The van der Waals surface area contributed by atoms with Gasteiger partial charge in [-0.05, 0) is 30.4 Å². The summed E-state index contributed by atoms with van der Waals surface area (Å²) in [5.74, 6) is 0.643. The second kappa shape index (κ2) is 6.61. The van der Waals surface area contributed by atoms with Crippen LogP contribution < -0.4 is 11.1 Å². The van der Waals surface area contributed by atoms with Gasteiger partial charge in [-0.15, -0.1) is 0 Å². The first-order valence-corrected chi connectivity index (χ1v) is 7.38. The van der Waals surface area contributed by atoms with Crippen molar-refractivity contribution in [1.29, 1.82) is 0 Å². The lowest BCUT2D eigenvalue weighted by atomic mass is 9.92. The van der Waals surface area contributed by atoms with Gasteiger partial charge >= 0.3 is 0 Å². The molecule has 1 fully saturated rings. The molecule has 21 heavy (non-hydrogen) atoms. The number of carbonyl (C=O) groups excluding carboxylic acids is 2. The van der Waals surface area contributed by atoms with Crippen molar-refractivity contribution in [1.82, 2.24) is 4.90 Å². The van der Waals surface area contributed by atoms with E-state index in [0.717, 1.165) is 13.1 Å². The van der Waals surface area contributed by atoms with E-state index in [9.17, 15) is 9.59 Å². The maximum Gasteiger partial charge on any atom is 0.250 e. The minimum absolute atomic E-state index is 0.0627. The number of nitrogens with two attached hydrogens (primary N) is 1. The van der Waals surface area contributed by atoms with E-state index < -0.39 is 5.91 Å². The number of hydrogen-bond acceptors (Lipinski definition) is 3. The summed E-state index contributed by atoms with van der Waals surface area (Å²) >= 11 is 0. The fraction of sp³-hybridized carbons (Fsp3) is 0.500. The van der Waals surface area contributed by atoms with Gasteiger partial charge in [0.05, 0.1) is 12.1 Å². The van der Waals surface area contributed by atoms with E-state index in [0.29, 0.717) is 23.1 Å². The quantitative estimate of drug-likeness (QED) is 0.886. The molecule has 0 aliphatic carbocycles. The first kappa shape index (κ1) is 15.4. The first-order chi connectivity index (χ1) is 9.97. The van der Waals surface area contributed by atoms with Crippen LogP contribution in [0.3, 0.4) is 0 Å². The summed E-state index contributed by atoms with van der Waals surface area (Å²) < 4.78 is 0. The number of likely N-dealkylation sites (tertiary alicyclic amines) is 1. The zero-order chi connectivity index (χ0) is 15.4. The van der Waals surface area contributed by atoms with Crippen LogP contribution in [0.4, 0.5) is 5.69 Å². The third-order valence-corrected chi connectivity index (χ3v) is 3.84. The van der Waals surface area contributed by atoms with E-state index in [-0.39, 0.29) is 12.5 Å². The molecule has 5 nitrogen and oxygen atoms in total. The van der Waals surface area contributed by atoms with E-state index >= 15 is 0 Å². The molecule has 0 spiro atoms. The molecule has 114 valence electrons. The van der Waals surface area contributed by atoms with Gasteiger partial charge in [0, 0.05) is 18.8 Å². The highest BCUT2D eigenvalue weighted by molar-refractivity contribution is 5.99. The highest BCUT2D eigenvalue weighted by Gasteiger charge is 2.25. The Morgan fingerprint density at radius 1 is 1.24 bits per heavy atom. The molecule has 1 aliphatic heterocycles. The lowest BCUT2D eigenvalue weighted by molar-refractivity contribution is -0.131. The molecular formula is C16H23N3O2. The zero-order valence-corrected chi connectivity index (χ0v) is 12.6. The van der Waals surface area contributed by atoms with Crippen molar-refractivity contribution >= 4 is 17.5 Å². The van der Waals surface area contributed by atoms with Crippen LogP contribution >= 0.6 is 0 Å². The molecule has 0 bridgehead atoms. The molecule has 0 radical (unpaired) electrons. The fourth-order valence-corrected chi connectivity index (χ4v) is 3.00. The van der Waals surface area contributed by atoms with Gasteiger partial charge in [-0.2, -0.15) is 0 Å². The summed E-state index contributed by atoms with van der Waals surface area (Å²) in [5, 5.41) is 3.03. The second-order valence-corrected chi connectivity index (χ2v) is 6.01. The molecule has 1 aliphatic rings. The van der Waals surface area contributed by atoms with Gasteiger partial charge in [-0.3, -0.25) is 9.59 Å². The number of nitrogens with one attached hydrogen (secondary N) is 1. The number of carbonyl (C=O) groups is 2. The number of piperidine rings is 1. The Balaban J connectivity index is 1.97. The van der Waals surface area contributed by atoms with Crippen molar-refractivity contribution in [3.05, 3.63) is 29.8 Å². The third-order valence-electron chi connectivity index (χ3n) is 3.84. The molecular weight excluding hydrogens is 266 g/mol. The van der Waals surface area contributed by atoms with Gasteiger partial charge in [0.25, 0.3) is 5.91 Å². The Morgan fingerprint density at radius 3 is 2.48 bits per heavy atom. The number of primary amides is 1. The van der Waals surface area contributed by atoms with Crippen LogP contribution in [-0.2, 0) is 4.79 Å². The Labute approximate surface area is 125 Å². The molecule has 0 unspecified atom stereocenters. The predicted octanol–water partition coefficient (Wildman–Crippen LogP) is 1.70. The summed E-state index contributed by atoms with van der Waals surface area (Å²) in [6, 6.07) is 6.97. The summed E-state index contributed by atoms with van der Waals surface area (Å²) in [6.07, 6.45) is 1.17. The standard InChI is InChI=1S/C16H23N3O2/c1-11-7-12(2)10-19(9-11)15(20)8-18-14-6-4-3-5-13(14)16(17)21/h3-6,11-12,18H,7-10H2,1-2H3,(H2,17,21)/t11-,12-/m1/s1. The number of hydrogen-bond donors (Lipinski definition) is 2. The number of nitrogens with zero attached hydrogens (tertiary/aromatic N) is 1. The Kier molecular flexibility index (Phi) is 4.83. The van der Waals surface area contributed by atoms with Gasteiger partial charge in [-0.25, -0.2) is 0 Å². The summed E-state index contributed by atoms with van der Waals surface area (Å²) in [7, 11) is 0. The van der Waals surface area contributed by atoms with Crippen LogP contribution in [0.15, 0.2) is 24.3 Å². The van der Waals surface area contributed by atoms with Crippen molar-refractivity contribution in [2.75, 3.05) is 25.0 Å². The van der Waals surface area contributed by atoms with Crippen molar-refractivity contribution in [3.63, 3.8) is 0 Å². The molecule has 1 saturated heterocycles. The van der Waals surface area contributed by atoms with Crippen molar-refractivity contribution in [2.24, 2.45) is 17.6 Å². The maximum atomic E-state index is 12.3. The number of rotatable bonds is 4. The van der Waals surface area contributed by atoms with Crippen LogP contribution in [0.25, 0.3) is 0 Å². The number of amides is 2. The SMILES string of the molecule is C[C@@H]1C[C@@H](C)CN(C(=O)CNc2ccccc2C(N)=O)C1. The van der Waals surface area contributed by atoms with Crippen molar-refractivity contribution in [3.8, 4) is 0 Å². The summed E-state index contributed by atoms with van der Waals surface area (Å²) in [4.78, 5) is 25.5. The fourth-order valence-electron chi connectivity index (χ4n) is 3.00. The second-order valence-electron chi connectivity index (χ2n) is 6.01. The predicted molar refractivity (Wildman–Crippen MR) is 83.0 cm³/mol. The Hall–Kier alpha value is -2.04. The topological polar surface area (TPSA) is 75.4 Å². The van der Waals surface area contributed by atoms with E-state index in [4.69, 9.17) is 5.73 Å². The van der Waals surface area contributed by atoms with Crippen molar-refractivity contribution < 1.29 is 9.59 Å². The average molecular weight is 289 g/mol. The van der Waals surface area contributed by atoms with Crippen LogP contribution in [0.5, 0.6) is 0 Å². The average Bonchev–Trinajstić information content (AvgIpc) is 2.43. The van der Waals surface area contributed by atoms with Crippen LogP contribution in [0, 0.1) is 11.8 Å². The van der Waals surface area contributed by atoms with Crippen LogP contribution in [0.2, 0.25) is 0 Å². The number of anilines is 1. The van der Waals surface area contributed by atoms with Gasteiger partial charge in [0.1, 0.15) is 0 Å². The van der Waals surface area contributed by atoms with Crippen molar-refractivity contribution in [2.45, 2.75) is 20.3 Å². The number of benzene rings is 1. The molecule has 1 heterocycles. The molecule has 1 aromatic rings. The molecule has 0 saturated carbocycles. The minimum atomic E-state index is -0.495. The maximum absolute atomic E-state index is 12.3. The van der Waals surface area contributed by atoms with E-state index in [1.54, 1.807) is 18.2 Å². The van der Waals surface area contributed by atoms with Gasteiger partial charge in [-0.1, -0.05) is 26.0 Å². The third kappa shape index (κ3) is 3.97. The molecule has 5 heteroatoms. The molecule has 1 aromatic carbocycles. The smallest absolute Gasteiger partial charge is 0.250 e. The Bertz CT molecular complexity index is 520. The first-order valence-electron chi connectivity index (χ1n) is 7.38. The Morgan fingerprint density at radius 2 is 1.86 bits per heavy atom. The summed E-state index contributed by atoms with van der Waals surface area (Å²) in [6.45, 7) is 6.14. The zero-order valence-electron chi connectivity index (χ0n) is 12.6. The minimum Gasteiger partial charge on any atom is -0.376 e. The monoisotopic (exact) mass is 289 g/mol. The molecule has 3 N–H and O–H groups in total. The van der Waals surface area contributed by atoms with E-state index in [1.807, 2.05) is 11.0 Å². The lowest BCUT2D eigenvalue weighted by Crippen LogP contribution is -2.44. The molecule has 2 rings (SSSR count). The molecule has 2 amide bonds. The highest BCUT2D eigenvalue weighted by Crippen LogP contribution is 2.21. The van der Waals surface area contributed by atoms with Crippen LogP contribution in [0.1, 0.15) is 30.6 Å². The van der Waals surface area contributed by atoms with E-state index in [1.165, 1.54) is 6.42 Å². The lowest BCUT2D eigenvalue weighted by Gasteiger charge is -2.35. The highest BCUT2D eigenvalue weighted by atomic mass is 16.2. The molecule has 2 atom stereocenters. The largest absolute Gasteiger partial charge is 0.376 e. The van der Waals surface area contributed by atoms with Crippen LogP contribution in [-0.4, -0.2) is 36.3 Å².